The minimum atomic E-state index is -1.11. The number of aryl methyl sites for hydroxylation is 1. The number of nitrogens with zero attached hydrogens (tertiary/aromatic N) is 1. The van der Waals surface area contributed by atoms with Crippen LogP contribution < -0.4 is 11.1 Å². The molecule has 0 unspecified atom stereocenters. The molecule has 1 aromatic heterocycles. The Labute approximate surface area is 114 Å². The maximum atomic E-state index is 13.1. The van der Waals surface area contributed by atoms with Crippen LogP contribution in [0.25, 0.3) is 0 Å². The lowest BCUT2D eigenvalue weighted by Crippen LogP contribution is -2.24. The molecule has 4 nitrogen and oxygen atoms in total. The quantitative estimate of drug-likeness (QED) is 0.845. The number of anilines is 1. The Morgan fingerprint density at radius 3 is 2.75 bits per heavy atom. The molecule has 6 heteroatoms. The summed E-state index contributed by atoms with van der Waals surface area (Å²) in [5.41, 5.74) is 7.12. The molecule has 1 amide bonds. The molecule has 0 saturated carbocycles. The van der Waals surface area contributed by atoms with E-state index < -0.39 is 17.5 Å². The van der Waals surface area contributed by atoms with Crippen LogP contribution in [0.3, 0.4) is 0 Å². The molecule has 0 fully saturated rings. The highest BCUT2D eigenvalue weighted by molar-refractivity contribution is 5.99. The van der Waals surface area contributed by atoms with E-state index in [-0.39, 0.29) is 17.8 Å². The van der Waals surface area contributed by atoms with Gasteiger partial charge in [-0.1, -0.05) is 0 Å². The molecule has 0 atom stereocenters. The van der Waals surface area contributed by atoms with Gasteiger partial charge in [0.25, 0.3) is 5.91 Å². The third kappa shape index (κ3) is 2.90. The van der Waals surface area contributed by atoms with Gasteiger partial charge in [0.2, 0.25) is 0 Å². The highest BCUT2D eigenvalue weighted by atomic mass is 19.2. The van der Waals surface area contributed by atoms with Crippen molar-refractivity contribution in [2.75, 3.05) is 5.73 Å². The lowest BCUT2D eigenvalue weighted by atomic mass is 10.1. The zero-order valence-electron chi connectivity index (χ0n) is 10.8. The van der Waals surface area contributed by atoms with Crippen LogP contribution in [-0.2, 0) is 6.54 Å². The Morgan fingerprint density at radius 2 is 2.05 bits per heavy atom. The number of aromatic nitrogens is 1. The first kappa shape index (κ1) is 13.9. The smallest absolute Gasteiger partial charge is 0.253 e. The van der Waals surface area contributed by atoms with Gasteiger partial charge in [0.05, 0.1) is 5.56 Å². The fourth-order valence-corrected chi connectivity index (χ4v) is 1.71. The van der Waals surface area contributed by atoms with Crippen molar-refractivity contribution in [2.45, 2.75) is 13.5 Å². The maximum absolute atomic E-state index is 13.1. The van der Waals surface area contributed by atoms with Crippen LogP contribution >= 0.6 is 0 Å². The number of pyridine rings is 1. The Morgan fingerprint density at radius 1 is 1.35 bits per heavy atom. The molecule has 104 valence electrons. The standard InChI is InChI=1S/C14H13F2N3O/c1-8-2-3-18-6-9(8)7-19-14(20)10-4-11(15)12(16)5-13(10)17/h2-6H,7,17H2,1H3,(H,19,20). The Hall–Kier alpha value is -2.50. The molecule has 0 aliphatic carbocycles. The second-order valence-electron chi connectivity index (χ2n) is 4.34. The normalized spacial score (nSPS) is 10.3. The number of nitrogens with one attached hydrogen (secondary N) is 1. The summed E-state index contributed by atoms with van der Waals surface area (Å²) in [5.74, 6) is -2.76. The van der Waals surface area contributed by atoms with Crippen molar-refractivity contribution in [1.29, 1.82) is 0 Å². The molecule has 2 rings (SSSR count). The summed E-state index contributed by atoms with van der Waals surface area (Å²) in [7, 11) is 0. The van der Waals surface area contributed by atoms with Crippen molar-refractivity contribution >= 4 is 11.6 Å². The molecule has 1 aromatic carbocycles. The number of hydrogen-bond acceptors (Lipinski definition) is 3. The molecule has 0 saturated heterocycles. The lowest BCUT2D eigenvalue weighted by Gasteiger charge is -2.09. The topological polar surface area (TPSA) is 68.0 Å². The van der Waals surface area contributed by atoms with E-state index in [0.29, 0.717) is 0 Å². The van der Waals surface area contributed by atoms with E-state index >= 15 is 0 Å². The number of nitrogens with two attached hydrogens (primary N) is 1. The zero-order valence-corrected chi connectivity index (χ0v) is 10.8. The van der Waals surface area contributed by atoms with E-state index in [1.54, 1.807) is 12.4 Å². The Bertz CT molecular complexity index is 659. The van der Waals surface area contributed by atoms with E-state index in [0.717, 1.165) is 23.3 Å². The van der Waals surface area contributed by atoms with Gasteiger partial charge in [-0.15, -0.1) is 0 Å². The predicted molar refractivity (Wildman–Crippen MR) is 70.9 cm³/mol. The summed E-state index contributed by atoms with van der Waals surface area (Å²) >= 11 is 0. The number of carbonyl (C=O) groups excluding carboxylic acids is 1. The van der Waals surface area contributed by atoms with Crippen LogP contribution in [0.4, 0.5) is 14.5 Å². The molecule has 0 radical (unpaired) electrons. The number of benzene rings is 1. The average Bonchev–Trinajstić information content (AvgIpc) is 2.41. The van der Waals surface area contributed by atoms with Gasteiger partial charge >= 0.3 is 0 Å². The zero-order chi connectivity index (χ0) is 14.7. The third-order valence-electron chi connectivity index (χ3n) is 2.92. The van der Waals surface area contributed by atoms with Gasteiger partial charge in [-0.3, -0.25) is 9.78 Å². The summed E-state index contributed by atoms with van der Waals surface area (Å²) in [6.45, 7) is 2.12. The highest BCUT2D eigenvalue weighted by Gasteiger charge is 2.14. The Kier molecular flexibility index (Phi) is 3.93. The first-order chi connectivity index (χ1) is 9.49. The molecule has 0 bridgehead atoms. The van der Waals surface area contributed by atoms with Crippen molar-refractivity contribution in [3.05, 3.63) is 58.9 Å². The highest BCUT2D eigenvalue weighted by Crippen LogP contribution is 2.17. The van der Waals surface area contributed by atoms with Crippen LogP contribution in [0.1, 0.15) is 21.5 Å². The number of nitrogen functional groups attached to an aromatic ring is 1. The van der Waals surface area contributed by atoms with Gasteiger partial charge < -0.3 is 11.1 Å². The van der Waals surface area contributed by atoms with E-state index in [1.807, 2.05) is 13.0 Å². The number of rotatable bonds is 3. The van der Waals surface area contributed by atoms with Gasteiger partial charge in [0.1, 0.15) is 0 Å². The molecule has 1 heterocycles. The molecule has 0 aliphatic heterocycles. The minimum absolute atomic E-state index is 0.0922. The molecule has 2 aromatic rings. The van der Waals surface area contributed by atoms with Gasteiger partial charge in [0.15, 0.2) is 11.6 Å². The SMILES string of the molecule is Cc1ccncc1CNC(=O)c1cc(F)c(F)cc1N. The van der Waals surface area contributed by atoms with E-state index in [4.69, 9.17) is 5.73 Å². The molecule has 0 spiro atoms. The van der Waals surface area contributed by atoms with Crippen molar-refractivity contribution < 1.29 is 13.6 Å². The third-order valence-corrected chi connectivity index (χ3v) is 2.92. The van der Waals surface area contributed by atoms with Crippen molar-refractivity contribution in [1.82, 2.24) is 10.3 Å². The van der Waals surface area contributed by atoms with Crippen molar-refractivity contribution in [3.63, 3.8) is 0 Å². The number of halogens is 2. The number of carbonyl (C=O) groups is 1. The second-order valence-corrected chi connectivity index (χ2v) is 4.34. The average molecular weight is 277 g/mol. The van der Waals surface area contributed by atoms with Crippen molar-refractivity contribution in [2.24, 2.45) is 0 Å². The Balaban J connectivity index is 2.13. The molecule has 0 aliphatic rings. The minimum Gasteiger partial charge on any atom is -0.398 e. The summed E-state index contributed by atoms with van der Waals surface area (Å²) in [5, 5.41) is 2.60. The summed E-state index contributed by atoms with van der Waals surface area (Å²) in [6, 6.07) is 3.39. The van der Waals surface area contributed by atoms with Crippen LogP contribution in [0.2, 0.25) is 0 Å². The number of amides is 1. The predicted octanol–water partition coefficient (Wildman–Crippen LogP) is 2.18. The van der Waals surface area contributed by atoms with Crippen LogP contribution in [-0.4, -0.2) is 10.9 Å². The molecule has 20 heavy (non-hydrogen) atoms. The molecular weight excluding hydrogens is 264 g/mol. The first-order valence-electron chi connectivity index (χ1n) is 5.91. The van der Waals surface area contributed by atoms with E-state index in [2.05, 4.69) is 10.3 Å². The summed E-state index contributed by atoms with van der Waals surface area (Å²) in [4.78, 5) is 15.9. The van der Waals surface area contributed by atoms with Crippen LogP contribution in [0, 0.1) is 18.6 Å². The molecule has 3 N–H and O–H groups in total. The van der Waals surface area contributed by atoms with Crippen LogP contribution in [0.15, 0.2) is 30.6 Å². The maximum Gasteiger partial charge on any atom is 0.253 e. The lowest BCUT2D eigenvalue weighted by molar-refractivity contribution is 0.0951. The van der Waals surface area contributed by atoms with Gasteiger partial charge in [0, 0.05) is 30.7 Å². The van der Waals surface area contributed by atoms with E-state index in [9.17, 15) is 13.6 Å². The molecular formula is C14H13F2N3O. The van der Waals surface area contributed by atoms with Crippen molar-refractivity contribution in [3.8, 4) is 0 Å². The monoisotopic (exact) mass is 277 g/mol. The fraction of sp³-hybridized carbons (Fsp3) is 0.143. The fourth-order valence-electron chi connectivity index (χ4n) is 1.71. The van der Waals surface area contributed by atoms with Gasteiger partial charge in [-0.25, -0.2) is 8.78 Å². The second kappa shape index (κ2) is 5.64. The largest absolute Gasteiger partial charge is 0.398 e. The number of hydrogen-bond donors (Lipinski definition) is 2. The summed E-state index contributed by atoms with van der Waals surface area (Å²) < 4.78 is 26.1. The summed E-state index contributed by atoms with van der Waals surface area (Å²) in [6.07, 6.45) is 3.28. The van der Waals surface area contributed by atoms with Gasteiger partial charge in [-0.2, -0.15) is 0 Å². The van der Waals surface area contributed by atoms with Crippen LogP contribution in [0.5, 0.6) is 0 Å². The van der Waals surface area contributed by atoms with E-state index in [1.165, 1.54) is 0 Å². The first-order valence-corrected chi connectivity index (χ1v) is 5.91. The van der Waals surface area contributed by atoms with Gasteiger partial charge in [-0.05, 0) is 30.2 Å².